The molecule has 1 aromatic carbocycles. The third kappa shape index (κ3) is 2.99. The van der Waals surface area contributed by atoms with Crippen molar-refractivity contribution in [2.24, 2.45) is 0 Å². The highest BCUT2D eigenvalue weighted by Crippen LogP contribution is 2.19. The number of nitrogens with zero attached hydrogens (tertiary/aromatic N) is 4. The van der Waals surface area contributed by atoms with E-state index in [1.165, 1.54) is 17.0 Å². The summed E-state index contributed by atoms with van der Waals surface area (Å²) in [4.78, 5) is 24.9. The fourth-order valence-electron chi connectivity index (χ4n) is 2.92. The minimum absolute atomic E-state index is 0.218. The molecule has 0 atom stereocenters. The van der Waals surface area contributed by atoms with E-state index in [2.05, 4.69) is 15.0 Å². The van der Waals surface area contributed by atoms with Crippen LogP contribution in [0.5, 0.6) is 0 Å². The van der Waals surface area contributed by atoms with Crippen molar-refractivity contribution in [1.82, 2.24) is 19.5 Å². The van der Waals surface area contributed by atoms with Gasteiger partial charge in [-0.2, -0.15) is 0 Å². The molecule has 0 aliphatic carbocycles. The van der Waals surface area contributed by atoms with Crippen LogP contribution < -0.4 is 5.56 Å². The van der Waals surface area contributed by atoms with Crippen LogP contribution in [0.25, 0.3) is 22.4 Å². The molecule has 0 unspecified atom stereocenters. The molecule has 130 valence electrons. The Balaban J connectivity index is 1.78. The third-order valence-electron chi connectivity index (χ3n) is 4.05. The number of aryl methyl sites for hydroxylation is 2. The minimum Gasteiger partial charge on any atom is -0.443 e. The summed E-state index contributed by atoms with van der Waals surface area (Å²) >= 11 is 0. The lowest BCUT2D eigenvalue weighted by atomic mass is 10.1. The molecule has 0 spiro atoms. The van der Waals surface area contributed by atoms with Gasteiger partial charge < -0.3 is 8.98 Å². The Morgan fingerprint density at radius 3 is 2.81 bits per heavy atom. The predicted molar refractivity (Wildman–Crippen MR) is 94.3 cm³/mol. The van der Waals surface area contributed by atoms with Crippen molar-refractivity contribution >= 4 is 11.1 Å². The number of hydrogen-bond donors (Lipinski definition) is 0. The second-order valence-corrected chi connectivity index (χ2v) is 6.11. The molecule has 4 aromatic rings. The quantitative estimate of drug-likeness (QED) is 0.567. The third-order valence-corrected chi connectivity index (χ3v) is 4.05. The number of halogens is 1. The molecule has 0 saturated carbocycles. The number of rotatable bonds is 3. The molecule has 4 rings (SSSR count). The predicted octanol–water partition coefficient (Wildman–Crippen LogP) is 3.25. The van der Waals surface area contributed by atoms with E-state index < -0.39 is 11.4 Å². The molecule has 0 fully saturated rings. The zero-order valence-corrected chi connectivity index (χ0v) is 14.2. The van der Waals surface area contributed by atoms with Crippen molar-refractivity contribution in [2.45, 2.75) is 20.4 Å². The average molecular weight is 350 g/mol. The number of oxazole rings is 1. The Labute approximate surface area is 148 Å². The summed E-state index contributed by atoms with van der Waals surface area (Å²) in [5.74, 6) is -0.228. The maximum Gasteiger partial charge on any atom is 0.286 e. The van der Waals surface area contributed by atoms with Gasteiger partial charge >= 0.3 is 0 Å². The first-order valence-corrected chi connectivity index (χ1v) is 8.04. The first-order chi connectivity index (χ1) is 12.5. The van der Waals surface area contributed by atoms with Gasteiger partial charge in [0.05, 0.1) is 12.2 Å². The van der Waals surface area contributed by atoms with Gasteiger partial charge in [0, 0.05) is 17.5 Å². The van der Waals surface area contributed by atoms with E-state index >= 15 is 0 Å². The van der Waals surface area contributed by atoms with Crippen LogP contribution in [0, 0.1) is 19.7 Å². The number of aromatic nitrogens is 4. The van der Waals surface area contributed by atoms with Gasteiger partial charge in [0.1, 0.15) is 11.3 Å². The van der Waals surface area contributed by atoms with Crippen LogP contribution in [0.2, 0.25) is 0 Å². The molecule has 0 saturated heterocycles. The summed E-state index contributed by atoms with van der Waals surface area (Å²) < 4.78 is 20.8. The van der Waals surface area contributed by atoms with Crippen molar-refractivity contribution in [3.63, 3.8) is 0 Å². The summed E-state index contributed by atoms with van der Waals surface area (Å²) in [7, 11) is 0. The molecule has 0 radical (unpaired) electrons. The molecule has 0 aliphatic heterocycles. The zero-order valence-electron chi connectivity index (χ0n) is 14.2. The van der Waals surface area contributed by atoms with E-state index in [0.717, 1.165) is 11.3 Å². The van der Waals surface area contributed by atoms with E-state index in [1.807, 2.05) is 19.1 Å². The van der Waals surface area contributed by atoms with E-state index in [-0.39, 0.29) is 6.54 Å². The Hall–Kier alpha value is -3.35. The van der Waals surface area contributed by atoms with Crippen molar-refractivity contribution in [1.29, 1.82) is 0 Å². The van der Waals surface area contributed by atoms with Crippen molar-refractivity contribution in [3.05, 3.63) is 76.2 Å². The Bertz CT molecular complexity index is 1160. The molecular formula is C19H15FN4O2. The van der Waals surface area contributed by atoms with Crippen molar-refractivity contribution < 1.29 is 8.81 Å². The fourth-order valence-corrected chi connectivity index (χ4v) is 2.92. The standard InChI is InChI=1S/C19H15FN4O2/c1-11-5-16(23-12(2)22-11)14-7-15(20)19(25)24(9-14)8-13-3-4-18-17(6-13)21-10-26-18/h3-7,9-10H,8H2,1-2H3. The second kappa shape index (κ2) is 6.18. The zero-order chi connectivity index (χ0) is 18.3. The largest absolute Gasteiger partial charge is 0.443 e. The smallest absolute Gasteiger partial charge is 0.286 e. The van der Waals surface area contributed by atoms with Gasteiger partial charge in [0.2, 0.25) is 0 Å². The van der Waals surface area contributed by atoms with E-state index in [1.54, 1.807) is 25.3 Å². The van der Waals surface area contributed by atoms with Gasteiger partial charge in [-0.1, -0.05) is 6.07 Å². The van der Waals surface area contributed by atoms with Crippen molar-refractivity contribution in [3.8, 4) is 11.3 Å². The van der Waals surface area contributed by atoms with E-state index in [4.69, 9.17) is 4.42 Å². The van der Waals surface area contributed by atoms with Crippen LogP contribution in [-0.2, 0) is 6.54 Å². The highest BCUT2D eigenvalue weighted by molar-refractivity contribution is 5.72. The monoisotopic (exact) mass is 350 g/mol. The molecule has 0 amide bonds. The Morgan fingerprint density at radius 2 is 2.00 bits per heavy atom. The molecule has 7 heteroatoms. The number of pyridine rings is 1. The van der Waals surface area contributed by atoms with Gasteiger partial charge in [-0.15, -0.1) is 0 Å². The molecular weight excluding hydrogens is 335 g/mol. The van der Waals surface area contributed by atoms with Gasteiger partial charge in [-0.25, -0.2) is 19.3 Å². The molecule has 3 heterocycles. The molecule has 26 heavy (non-hydrogen) atoms. The maximum atomic E-state index is 14.2. The topological polar surface area (TPSA) is 73.8 Å². The molecule has 0 N–H and O–H groups in total. The lowest BCUT2D eigenvalue weighted by Crippen LogP contribution is -2.23. The SMILES string of the molecule is Cc1cc(-c2cc(F)c(=O)n(Cc3ccc4ocnc4c3)c2)nc(C)n1. The Morgan fingerprint density at radius 1 is 1.15 bits per heavy atom. The van der Waals surface area contributed by atoms with Crippen LogP contribution >= 0.6 is 0 Å². The normalized spacial score (nSPS) is 11.2. The summed E-state index contributed by atoms with van der Waals surface area (Å²) in [5.41, 5.74) is 3.37. The van der Waals surface area contributed by atoms with Gasteiger partial charge in [-0.05, 0) is 43.7 Å². The van der Waals surface area contributed by atoms with Crippen LogP contribution in [0.3, 0.4) is 0 Å². The van der Waals surface area contributed by atoms with Crippen LogP contribution in [0.1, 0.15) is 17.1 Å². The fraction of sp³-hybridized carbons (Fsp3) is 0.158. The highest BCUT2D eigenvalue weighted by atomic mass is 19.1. The summed E-state index contributed by atoms with van der Waals surface area (Å²) in [6, 6.07) is 8.39. The molecule has 0 aliphatic rings. The van der Waals surface area contributed by atoms with Crippen molar-refractivity contribution in [2.75, 3.05) is 0 Å². The van der Waals surface area contributed by atoms with Gasteiger partial charge in [0.15, 0.2) is 17.8 Å². The number of fused-ring (bicyclic) bond motifs is 1. The van der Waals surface area contributed by atoms with Gasteiger partial charge in [-0.3, -0.25) is 4.79 Å². The first kappa shape index (κ1) is 16.1. The van der Waals surface area contributed by atoms with Crippen LogP contribution in [0.15, 0.2) is 52.1 Å². The summed E-state index contributed by atoms with van der Waals surface area (Å²) in [6.07, 6.45) is 2.97. The van der Waals surface area contributed by atoms with Crippen LogP contribution in [0.4, 0.5) is 4.39 Å². The highest BCUT2D eigenvalue weighted by Gasteiger charge is 2.11. The lowest BCUT2D eigenvalue weighted by Gasteiger charge is -2.10. The first-order valence-electron chi connectivity index (χ1n) is 8.04. The van der Waals surface area contributed by atoms with E-state index in [0.29, 0.717) is 28.2 Å². The van der Waals surface area contributed by atoms with Crippen LogP contribution in [-0.4, -0.2) is 19.5 Å². The molecule has 6 nitrogen and oxygen atoms in total. The van der Waals surface area contributed by atoms with Gasteiger partial charge in [0.25, 0.3) is 5.56 Å². The van der Waals surface area contributed by atoms with E-state index in [9.17, 15) is 9.18 Å². The molecule has 3 aromatic heterocycles. The summed E-state index contributed by atoms with van der Waals surface area (Å²) in [6.45, 7) is 3.84. The Kier molecular flexibility index (Phi) is 3.84. The molecule has 0 bridgehead atoms. The number of benzene rings is 1. The number of hydrogen-bond acceptors (Lipinski definition) is 5. The summed E-state index contributed by atoms with van der Waals surface area (Å²) in [5, 5.41) is 0. The minimum atomic E-state index is -0.820. The lowest BCUT2D eigenvalue weighted by molar-refractivity contribution is 0.581. The average Bonchev–Trinajstić information content (AvgIpc) is 3.05. The maximum absolute atomic E-state index is 14.2. The second-order valence-electron chi connectivity index (χ2n) is 6.11.